The van der Waals surface area contributed by atoms with E-state index in [9.17, 15) is 0 Å². The Bertz CT molecular complexity index is 1780. The SMILES string of the molecule is CCCCCCCCCCCCOc1ccc(N=C(N)N)cc1N=C(N)N.COc1cc2[nH]c(C)c(CCN3CCN(c4ccccc4)CC3)c2cc1OC. The van der Waals surface area contributed by atoms with E-state index < -0.39 is 0 Å². The van der Waals surface area contributed by atoms with E-state index in [0.717, 1.165) is 62.6 Å². The summed E-state index contributed by atoms with van der Waals surface area (Å²) in [6, 6.07) is 20.1. The van der Waals surface area contributed by atoms with Crippen LogP contribution in [-0.2, 0) is 6.42 Å². The average Bonchev–Trinajstić information content (AvgIpc) is 3.49. The van der Waals surface area contributed by atoms with Crippen molar-refractivity contribution in [2.24, 2.45) is 32.9 Å². The van der Waals surface area contributed by atoms with Gasteiger partial charge in [-0.25, -0.2) is 9.98 Å². The number of nitrogens with zero attached hydrogens (tertiary/aromatic N) is 4. The zero-order valence-corrected chi connectivity index (χ0v) is 33.6. The molecule has 12 heteroatoms. The molecular formula is C43H65N9O3. The van der Waals surface area contributed by atoms with Gasteiger partial charge in [0.25, 0.3) is 0 Å². The lowest BCUT2D eigenvalue weighted by Crippen LogP contribution is -2.47. The fourth-order valence-electron chi connectivity index (χ4n) is 7.02. The summed E-state index contributed by atoms with van der Waals surface area (Å²) < 4.78 is 16.8. The van der Waals surface area contributed by atoms with E-state index in [2.05, 4.69) is 75.0 Å². The predicted molar refractivity (Wildman–Crippen MR) is 230 cm³/mol. The zero-order chi connectivity index (χ0) is 39.4. The van der Waals surface area contributed by atoms with Crippen molar-refractivity contribution in [3.63, 3.8) is 0 Å². The van der Waals surface area contributed by atoms with Crippen LogP contribution in [0.3, 0.4) is 0 Å². The monoisotopic (exact) mass is 756 g/mol. The van der Waals surface area contributed by atoms with Crippen molar-refractivity contribution in [3.05, 3.63) is 71.9 Å². The van der Waals surface area contributed by atoms with Gasteiger partial charge < -0.3 is 47.0 Å². The molecule has 1 aliphatic rings. The quantitative estimate of drug-likeness (QED) is 0.0344. The van der Waals surface area contributed by atoms with Gasteiger partial charge in [-0.15, -0.1) is 0 Å². The Morgan fingerprint density at radius 2 is 1.33 bits per heavy atom. The van der Waals surface area contributed by atoms with E-state index in [0.29, 0.717) is 23.7 Å². The van der Waals surface area contributed by atoms with Crippen molar-refractivity contribution >= 4 is 39.9 Å². The minimum atomic E-state index is -0.0411. The molecule has 0 spiro atoms. The Kier molecular flexibility index (Phi) is 17.8. The first-order valence-electron chi connectivity index (χ1n) is 19.9. The second-order valence-electron chi connectivity index (χ2n) is 14.2. The van der Waals surface area contributed by atoms with E-state index in [1.807, 2.05) is 6.07 Å². The van der Waals surface area contributed by atoms with Crippen molar-refractivity contribution < 1.29 is 14.2 Å². The summed E-state index contributed by atoms with van der Waals surface area (Å²) in [7, 11) is 3.37. The van der Waals surface area contributed by atoms with Crippen molar-refractivity contribution in [2.45, 2.75) is 84.5 Å². The Morgan fingerprint density at radius 1 is 0.709 bits per heavy atom. The normalized spacial score (nSPS) is 12.8. The fourth-order valence-corrected chi connectivity index (χ4v) is 7.02. The molecule has 3 aromatic carbocycles. The van der Waals surface area contributed by atoms with Crippen LogP contribution in [0.2, 0.25) is 0 Å². The number of methoxy groups -OCH3 is 2. The Labute approximate surface area is 328 Å². The minimum absolute atomic E-state index is 0.0234. The largest absolute Gasteiger partial charge is 0.493 e. The molecule has 300 valence electrons. The molecule has 0 bridgehead atoms. The molecule has 4 aromatic rings. The number of nitrogens with one attached hydrogen (secondary N) is 1. The van der Waals surface area contributed by atoms with Crippen LogP contribution in [-0.4, -0.2) is 75.4 Å². The molecule has 0 atom stereocenters. The number of anilines is 1. The number of unbranched alkanes of at least 4 members (excludes halogenated alkanes) is 9. The molecular weight excluding hydrogens is 691 g/mol. The number of fused-ring (bicyclic) bond motifs is 1. The van der Waals surface area contributed by atoms with Crippen LogP contribution in [0.1, 0.15) is 82.4 Å². The average molecular weight is 756 g/mol. The maximum atomic E-state index is 5.84. The molecule has 55 heavy (non-hydrogen) atoms. The van der Waals surface area contributed by atoms with E-state index in [1.165, 1.54) is 80.1 Å². The van der Waals surface area contributed by atoms with Crippen molar-refractivity contribution in [3.8, 4) is 17.2 Å². The third-order valence-electron chi connectivity index (χ3n) is 10.0. The lowest BCUT2D eigenvalue weighted by molar-refractivity contribution is 0.261. The van der Waals surface area contributed by atoms with Gasteiger partial charge in [0, 0.05) is 61.1 Å². The lowest BCUT2D eigenvalue weighted by Gasteiger charge is -2.36. The number of hydrogen-bond acceptors (Lipinski definition) is 7. The van der Waals surface area contributed by atoms with Crippen molar-refractivity contribution in [2.75, 3.05) is 58.5 Å². The van der Waals surface area contributed by atoms with Crippen molar-refractivity contribution in [1.29, 1.82) is 0 Å². The number of aliphatic imine (C=N–C) groups is 2. The van der Waals surface area contributed by atoms with E-state index >= 15 is 0 Å². The van der Waals surface area contributed by atoms with Gasteiger partial charge in [-0.3, -0.25) is 4.90 Å². The summed E-state index contributed by atoms with van der Waals surface area (Å²) in [6.07, 6.45) is 13.9. The number of ether oxygens (including phenoxy) is 3. The number of aromatic amines is 1. The van der Waals surface area contributed by atoms with Crippen LogP contribution in [0, 0.1) is 6.92 Å². The highest BCUT2D eigenvalue weighted by Gasteiger charge is 2.19. The predicted octanol–water partition coefficient (Wildman–Crippen LogP) is 7.65. The van der Waals surface area contributed by atoms with Crippen molar-refractivity contribution in [1.82, 2.24) is 9.88 Å². The standard InChI is InChI=1S/C23H29N3O2.C20H36N6O/c1-17-19(20-15-22(27-2)23(28-3)16-21(20)24-17)9-10-25-11-13-26(14-12-25)18-7-5-4-6-8-18;1-2-3-4-5-6-7-8-9-10-11-14-27-18-13-12-16(25-19(21)22)15-17(18)26-20(23)24/h4-8,15-16,24H,9-14H2,1-3H3;12-13,15H,2-11,14H2,1H3,(H4,21,22,25)(H4,23,24,26). The van der Waals surface area contributed by atoms with Gasteiger partial charge in [-0.2, -0.15) is 0 Å². The van der Waals surface area contributed by atoms with Gasteiger partial charge in [0.05, 0.1) is 26.5 Å². The van der Waals surface area contributed by atoms with Crippen LogP contribution < -0.4 is 42.0 Å². The van der Waals surface area contributed by atoms with E-state index in [4.69, 9.17) is 37.1 Å². The Morgan fingerprint density at radius 3 is 1.95 bits per heavy atom. The molecule has 12 nitrogen and oxygen atoms in total. The number of aromatic nitrogens is 1. The van der Waals surface area contributed by atoms with Gasteiger partial charge in [0.1, 0.15) is 11.4 Å². The first kappa shape index (κ1) is 42.6. The van der Waals surface area contributed by atoms with E-state index in [-0.39, 0.29) is 11.9 Å². The second-order valence-corrected chi connectivity index (χ2v) is 14.2. The fraction of sp³-hybridized carbons (Fsp3) is 0.488. The maximum Gasteiger partial charge on any atom is 0.191 e. The molecule has 0 saturated carbocycles. The highest BCUT2D eigenvalue weighted by atomic mass is 16.5. The summed E-state index contributed by atoms with van der Waals surface area (Å²) in [5.74, 6) is 2.10. The Balaban J connectivity index is 0.000000245. The van der Waals surface area contributed by atoms with Crippen LogP contribution in [0.15, 0.2) is 70.6 Å². The summed E-state index contributed by atoms with van der Waals surface area (Å²) in [6.45, 7) is 10.5. The molecule has 5 rings (SSSR count). The first-order valence-corrected chi connectivity index (χ1v) is 19.9. The smallest absolute Gasteiger partial charge is 0.191 e. The number of benzene rings is 3. The highest BCUT2D eigenvalue weighted by molar-refractivity contribution is 5.88. The number of para-hydroxylation sites is 1. The second kappa shape index (κ2) is 23.0. The summed E-state index contributed by atoms with van der Waals surface area (Å²) in [4.78, 5) is 16.6. The molecule has 1 aromatic heterocycles. The number of nitrogens with two attached hydrogens (primary N) is 4. The van der Waals surface area contributed by atoms with Crippen LogP contribution in [0.5, 0.6) is 17.2 Å². The number of aryl methyl sites for hydroxylation is 1. The first-order chi connectivity index (χ1) is 26.7. The molecule has 2 heterocycles. The summed E-state index contributed by atoms with van der Waals surface area (Å²) >= 11 is 0. The number of hydrogen-bond donors (Lipinski definition) is 5. The lowest BCUT2D eigenvalue weighted by atomic mass is 10.1. The molecule has 0 radical (unpaired) electrons. The topological polar surface area (TPSA) is 179 Å². The summed E-state index contributed by atoms with van der Waals surface area (Å²) in [5, 5.41) is 1.23. The molecule has 1 fully saturated rings. The van der Waals surface area contributed by atoms with Crippen LogP contribution in [0.25, 0.3) is 10.9 Å². The molecule has 1 aliphatic heterocycles. The third kappa shape index (κ3) is 13.9. The highest BCUT2D eigenvalue weighted by Crippen LogP contribution is 2.35. The molecule has 9 N–H and O–H groups in total. The Hall–Kier alpha value is -5.10. The molecule has 1 saturated heterocycles. The third-order valence-corrected chi connectivity index (χ3v) is 10.0. The number of H-pyrrole nitrogens is 1. The van der Waals surface area contributed by atoms with Crippen LogP contribution >= 0.6 is 0 Å². The van der Waals surface area contributed by atoms with Gasteiger partial charge in [-0.05, 0) is 61.7 Å². The van der Waals surface area contributed by atoms with Gasteiger partial charge >= 0.3 is 0 Å². The summed E-state index contributed by atoms with van der Waals surface area (Å²) in [5.41, 5.74) is 27.9. The number of piperazine rings is 1. The van der Waals surface area contributed by atoms with Crippen LogP contribution in [0.4, 0.5) is 17.1 Å². The van der Waals surface area contributed by atoms with Gasteiger partial charge in [0.15, 0.2) is 23.4 Å². The minimum Gasteiger partial charge on any atom is -0.493 e. The zero-order valence-electron chi connectivity index (χ0n) is 33.6. The van der Waals surface area contributed by atoms with Gasteiger partial charge in [-0.1, -0.05) is 82.9 Å². The molecule has 0 unspecified atom stereocenters. The number of guanidine groups is 2. The molecule has 0 aliphatic carbocycles. The van der Waals surface area contributed by atoms with E-state index in [1.54, 1.807) is 32.4 Å². The number of rotatable bonds is 20. The maximum absolute atomic E-state index is 5.84. The molecule has 0 amide bonds. The van der Waals surface area contributed by atoms with Gasteiger partial charge in [0.2, 0.25) is 0 Å².